The van der Waals surface area contributed by atoms with Crippen molar-refractivity contribution in [3.63, 3.8) is 0 Å². The van der Waals surface area contributed by atoms with Crippen LogP contribution in [0.5, 0.6) is 17.2 Å². The first-order valence-corrected chi connectivity index (χ1v) is 15.3. The predicted molar refractivity (Wildman–Crippen MR) is 171 cm³/mol. The third-order valence-corrected chi connectivity index (χ3v) is 7.80. The van der Waals surface area contributed by atoms with Gasteiger partial charge in [-0.25, -0.2) is 9.78 Å². The molecule has 0 spiro atoms. The molecule has 2 atom stereocenters. The first kappa shape index (κ1) is 32.0. The predicted octanol–water partition coefficient (Wildman–Crippen LogP) is 4.91. The Morgan fingerprint density at radius 2 is 1.72 bits per heavy atom. The van der Waals surface area contributed by atoms with Crippen molar-refractivity contribution in [3.05, 3.63) is 72.3 Å². The van der Waals surface area contributed by atoms with Crippen LogP contribution >= 0.6 is 11.3 Å². The van der Waals surface area contributed by atoms with Crippen molar-refractivity contribution in [2.45, 2.75) is 38.8 Å². The van der Waals surface area contributed by atoms with Gasteiger partial charge in [0.2, 0.25) is 12.7 Å². The maximum atomic E-state index is 13.3. The second kappa shape index (κ2) is 14.6. The number of nitrogens with one attached hydrogen (secondary N) is 4. The van der Waals surface area contributed by atoms with Crippen LogP contribution in [0, 0.1) is 5.92 Å². The molecular weight excluding hydrogens is 614 g/mol. The first-order chi connectivity index (χ1) is 22.1. The lowest BCUT2D eigenvalue weighted by Gasteiger charge is -2.24. The fourth-order valence-electron chi connectivity index (χ4n) is 4.74. The quantitative estimate of drug-likeness (QED) is 0.135. The van der Waals surface area contributed by atoms with E-state index in [1.54, 1.807) is 42.5 Å². The van der Waals surface area contributed by atoms with Crippen LogP contribution in [-0.4, -0.2) is 53.3 Å². The number of aliphatic carboxylic acids is 1. The maximum Gasteiger partial charge on any atom is 0.325 e. The maximum absolute atomic E-state index is 13.3. The number of benzene rings is 3. The average Bonchev–Trinajstić information content (AvgIpc) is 3.65. The van der Waals surface area contributed by atoms with Gasteiger partial charge < -0.3 is 35.3 Å². The molecule has 240 valence electrons. The van der Waals surface area contributed by atoms with Gasteiger partial charge in [-0.3, -0.25) is 19.7 Å². The van der Waals surface area contributed by atoms with Crippen molar-refractivity contribution < 1.29 is 38.5 Å². The number of carbonyl (C=O) groups is 4. The summed E-state index contributed by atoms with van der Waals surface area (Å²) in [5.41, 5.74) is 1.83. The molecule has 2 unspecified atom stereocenters. The summed E-state index contributed by atoms with van der Waals surface area (Å²) >= 11 is 1.37. The monoisotopic (exact) mass is 647 g/mol. The number of aromatic nitrogens is 1. The Hall–Kier alpha value is -5.37. The summed E-state index contributed by atoms with van der Waals surface area (Å²) in [6.07, 6.45) is -0.0523. The minimum Gasteiger partial charge on any atom is -0.484 e. The van der Waals surface area contributed by atoms with Crippen LogP contribution in [0.15, 0.2) is 66.7 Å². The highest BCUT2D eigenvalue weighted by Gasteiger charge is 2.27. The number of ether oxygens (including phenoxy) is 3. The lowest BCUT2D eigenvalue weighted by Crippen LogP contribution is -2.49. The van der Waals surface area contributed by atoms with Gasteiger partial charge in [0.25, 0.3) is 5.91 Å². The molecule has 14 heteroatoms. The van der Waals surface area contributed by atoms with Crippen LogP contribution in [-0.2, 0) is 14.4 Å². The summed E-state index contributed by atoms with van der Waals surface area (Å²) in [4.78, 5) is 54.5. The minimum atomic E-state index is -1.10. The SMILES string of the molecule is CC(C)CC(NC(=O)COc1ccc(NC(=O)Nc2nc3ccccc3s2)cc1)C(=O)NC(CC(=O)O)c1ccc2c(c1)OCO2. The van der Waals surface area contributed by atoms with Crippen LogP contribution < -0.4 is 35.5 Å². The molecule has 0 saturated heterocycles. The highest BCUT2D eigenvalue weighted by molar-refractivity contribution is 7.22. The van der Waals surface area contributed by atoms with Gasteiger partial charge in [-0.1, -0.05) is 43.4 Å². The molecule has 3 aromatic carbocycles. The van der Waals surface area contributed by atoms with E-state index >= 15 is 0 Å². The zero-order valence-corrected chi connectivity index (χ0v) is 25.9. The normalized spacial score (nSPS) is 13.1. The molecule has 5 N–H and O–H groups in total. The molecule has 4 amide bonds. The standard InChI is InChI=1S/C32H33N5O8S/c1-18(2)13-24(30(41)35-23(15-29(39)40)19-7-12-25-26(14-19)45-17-44-25)34-28(38)16-43-21-10-8-20(9-11-21)33-31(42)37-32-36-22-5-3-4-6-27(22)46-32/h3-12,14,18,23-24H,13,15-17H2,1-2H3,(H,34,38)(H,35,41)(H,39,40)(H2,33,36,37,42). The number of rotatable bonds is 13. The van der Waals surface area contributed by atoms with E-state index in [9.17, 15) is 24.3 Å². The molecule has 46 heavy (non-hydrogen) atoms. The van der Waals surface area contributed by atoms with Gasteiger partial charge in [0, 0.05) is 5.69 Å². The van der Waals surface area contributed by atoms with E-state index in [2.05, 4.69) is 26.3 Å². The summed E-state index contributed by atoms with van der Waals surface area (Å²) in [5.74, 6) is -0.736. The topological polar surface area (TPSA) is 177 Å². The Morgan fingerprint density at radius 3 is 2.46 bits per heavy atom. The molecule has 13 nitrogen and oxygen atoms in total. The molecule has 4 aromatic rings. The van der Waals surface area contributed by atoms with Crippen molar-refractivity contribution in [3.8, 4) is 17.2 Å². The number of amides is 4. The van der Waals surface area contributed by atoms with Crippen molar-refractivity contribution >= 4 is 56.2 Å². The fourth-order valence-corrected chi connectivity index (χ4v) is 5.60. The molecule has 1 aliphatic rings. The average molecular weight is 648 g/mol. The Bertz CT molecular complexity index is 1690. The number of carboxylic acids is 1. The van der Waals surface area contributed by atoms with Crippen LogP contribution in [0.3, 0.4) is 0 Å². The fraction of sp³-hybridized carbons (Fsp3) is 0.281. The van der Waals surface area contributed by atoms with Crippen molar-refractivity contribution in [1.82, 2.24) is 15.6 Å². The number of nitrogens with zero attached hydrogens (tertiary/aromatic N) is 1. The van der Waals surface area contributed by atoms with Gasteiger partial charge in [0.15, 0.2) is 23.2 Å². The van der Waals surface area contributed by atoms with Crippen molar-refractivity contribution in [2.24, 2.45) is 5.92 Å². The minimum absolute atomic E-state index is 0.0485. The summed E-state index contributed by atoms with van der Waals surface area (Å²) < 4.78 is 17.3. The molecule has 0 fully saturated rings. The van der Waals surface area contributed by atoms with E-state index in [1.807, 2.05) is 38.1 Å². The van der Waals surface area contributed by atoms with Gasteiger partial charge in [-0.15, -0.1) is 0 Å². The smallest absolute Gasteiger partial charge is 0.325 e. The van der Waals surface area contributed by atoms with Gasteiger partial charge in [-0.05, 0) is 66.4 Å². The highest BCUT2D eigenvalue weighted by atomic mass is 32.1. The summed E-state index contributed by atoms with van der Waals surface area (Å²) in [5, 5.41) is 20.9. The highest BCUT2D eigenvalue weighted by Crippen LogP contribution is 2.35. The summed E-state index contributed by atoms with van der Waals surface area (Å²) in [6.45, 7) is 3.51. The third kappa shape index (κ3) is 8.63. The van der Waals surface area contributed by atoms with Crippen LogP contribution in [0.4, 0.5) is 15.6 Å². The van der Waals surface area contributed by atoms with Crippen LogP contribution in [0.2, 0.25) is 0 Å². The molecular formula is C32H33N5O8S. The molecule has 2 heterocycles. The zero-order chi connectivity index (χ0) is 32.6. The van der Waals surface area contributed by atoms with Gasteiger partial charge in [0.1, 0.15) is 11.8 Å². The number of carboxylic acid groups (broad SMARTS) is 1. The van der Waals surface area contributed by atoms with Gasteiger partial charge >= 0.3 is 12.0 Å². The number of hydrogen-bond donors (Lipinski definition) is 5. The molecule has 0 saturated carbocycles. The number of hydrogen-bond acceptors (Lipinski definition) is 9. The van der Waals surface area contributed by atoms with Crippen LogP contribution in [0.25, 0.3) is 10.2 Å². The van der Waals surface area contributed by atoms with Gasteiger partial charge in [-0.2, -0.15) is 0 Å². The van der Waals surface area contributed by atoms with E-state index < -0.39 is 35.9 Å². The Labute approximate surface area is 268 Å². The van der Waals surface area contributed by atoms with Crippen molar-refractivity contribution in [1.29, 1.82) is 0 Å². The number of thiazole rings is 1. The zero-order valence-electron chi connectivity index (χ0n) is 25.1. The lowest BCUT2D eigenvalue weighted by molar-refractivity contribution is -0.138. The second-order valence-electron chi connectivity index (χ2n) is 10.9. The lowest BCUT2D eigenvalue weighted by atomic mass is 10.00. The Balaban J connectivity index is 1.13. The largest absolute Gasteiger partial charge is 0.484 e. The summed E-state index contributed by atoms with van der Waals surface area (Å²) in [6, 6.07) is 16.7. The number of carbonyl (C=O) groups excluding carboxylic acids is 3. The Morgan fingerprint density at radius 1 is 0.957 bits per heavy atom. The number of fused-ring (bicyclic) bond motifs is 2. The molecule has 0 radical (unpaired) electrons. The Kier molecular flexibility index (Phi) is 10.2. The van der Waals surface area contributed by atoms with E-state index in [0.29, 0.717) is 40.1 Å². The third-order valence-electron chi connectivity index (χ3n) is 6.85. The van der Waals surface area contributed by atoms with Crippen molar-refractivity contribution in [2.75, 3.05) is 24.0 Å². The van der Waals surface area contributed by atoms with E-state index in [0.717, 1.165) is 10.2 Å². The molecule has 1 aliphatic heterocycles. The van der Waals surface area contributed by atoms with Gasteiger partial charge in [0.05, 0.1) is 22.7 Å². The second-order valence-corrected chi connectivity index (χ2v) is 11.9. The first-order valence-electron chi connectivity index (χ1n) is 14.5. The number of para-hydroxylation sites is 1. The molecule has 0 bridgehead atoms. The number of urea groups is 1. The van der Waals surface area contributed by atoms with Crippen LogP contribution in [0.1, 0.15) is 38.3 Å². The number of anilines is 2. The summed E-state index contributed by atoms with van der Waals surface area (Å²) in [7, 11) is 0. The molecule has 0 aliphatic carbocycles. The van der Waals surface area contributed by atoms with E-state index in [1.165, 1.54) is 11.3 Å². The van der Waals surface area contributed by atoms with E-state index in [-0.39, 0.29) is 25.7 Å². The van der Waals surface area contributed by atoms with E-state index in [4.69, 9.17) is 14.2 Å². The molecule has 1 aromatic heterocycles. The molecule has 5 rings (SSSR count).